The first-order chi connectivity index (χ1) is 9.98. The van der Waals surface area contributed by atoms with Gasteiger partial charge in [0.25, 0.3) is 0 Å². The summed E-state index contributed by atoms with van der Waals surface area (Å²) in [6.07, 6.45) is 11.2. The van der Waals surface area contributed by atoms with Gasteiger partial charge in [0.15, 0.2) is 0 Å². The Labute approximate surface area is 131 Å². The average Bonchev–Trinajstić information content (AvgIpc) is 2.41. The zero-order valence-electron chi connectivity index (χ0n) is 14.3. The molecule has 0 amide bonds. The third-order valence-electron chi connectivity index (χ3n) is 3.70. The first-order valence-corrected chi connectivity index (χ1v) is 8.86. The molecule has 0 heterocycles. The first-order valence-electron chi connectivity index (χ1n) is 8.86. The van der Waals surface area contributed by atoms with Gasteiger partial charge in [0.05, 0.1) is 0 Å². The van der Waals surface area contributed by atoms with Gasteiger partial charge in [0, 0.05) is 12.8 Å². The second kappa shape index (κ2) is 13.1. The maximum atomic E-state index is 13.5. The number of hydrogen-bond acceptors (Lipinski definition) is 0. The highest BCUT2D eigenvalue weighted by Gasteiger charge is 2.24. The van der Waals surface area contributed by atoms with Crippen molar-refractivity contribution in [1.82, 2.24) is 0 Å². The molecular weight excluding hydrogens is 266 g/mol. The molecule has 0 saturated heterocycles. The van der Waals surface area contributed by atoms with Crippen LogP contribution in [0, 0.1) is 17.8 Å². The lowest BCUT2D eigenvalue weighted by Crippen LogP contribution is -2.12. The van der Waals surface area contributed by atoms with E-state index in [9.17, 15) is 8.78 Å². The summed E-state index contributed by atoms with van der Waals surface area (Å²) < 4.78 is 27.0. The summed E-state index contributed by atoms with van der Waals surface area (Å²) in [7, 11) is 0. The van der Waals surface area contributed by atoms with Crippen LogP contribution in [0.25, 0.3) is 0 Å². The Morgan fingerprint density at radius 3 is 2.10 bits per heavy atom. The van der Waals surface area contributed by atoms with Crippen molar-refractivity contribution in [3.63, 3.8) is 0 Å². The Morgan fingerprint density at radius 2 is 1.48 bits per heavy atom. The fraction of sp³-hybridized carbons (Fsp3) is 0.895. The summed E-state index contributed by atoms with van der Waals surface area (Å²) >= 11 is 0. The molecule has 0 bridgehead atoms. The number of rotatable bonds is 12. The SMILES string of the molecule is CCCCCCCCCC(F)(F)C#CCCCCC(C)C. The van der Waals surface area contributed by atoms with Crippen molar-refractivity contribution >= 4 is 0 Å². The van der Waals surface area contributed by atoms with Gasteiger partial charge in [0.1, 0.15) is 0 Å². The molecule has 0 aliphatic heterocycles. The molecule has 21 heavy (non-hydrogen) atoms. The first kappa shape index (κ1) is 20.4. The van der Waals surface area contributed by atoms with Crippen LogP contribution in [0.3, 0.4) is 0 Å². The summed E-state index contributed by atoms with van der Waals surface area (Å²) in [5.74, 6) is 2.76. The molecule has 0 rings (SSSR count). The van der Waals surface area contributed by atoms with Gasteiger partial charge in [-0.2, -0.15) is 8.78 Å². The second-order valence-electron chi connectivity index (χ2n) is 6.52. The zero-order valence-corrected chi connectivity index (χ0v) is 14.3. The van der Waals surface area contributed by atoms with E-state index in [-0.39, 0.29) is 6.42 Å². The summed E-state index contributed by atoms with van der Waals surface area (Å²) in [6.45, 7) is 6.55. The van der Waals surface area contributed by atoms with Gasteiger partial charge in [-0.1, -0.05) is 78.1 Å². The Kier molecular flexibility index (Phi) is 12.7. The van der Waals surface area contributed by atoms with Crippen molar-refractivity contribution in [2.75, 3.05) is 0 Å². The number of halogens is 2. The molecule has 0 aromatic carbocycles. The fourth-order valence-corrected chi connectivity index (χ4v) is 2.32. The van der Waals surface area contributed by atoms with Crippen LogP contribution in [0.1, 0.15) is 97.8 Å². The highest BCUT2D eigenvalue weighted by Crippen LogP contribution is 2.21. The van der Waals surface area contributed by atoms with Crippen molar-refractivity contribution in [2.45, 2.75) is 104 Å². The van der Waals surface area contributed by atoms with E-state index in [2.05, 4.69) is 32.6 Å². The predicted molar refractivity (Wildman–Crippen MR) is 88.6 cm³/mol. The van der Waals surface area contributed by atoms with Crippen LogP contribution in [0.2, 0.25) is 0 Å². The van der Waals surface area contributed by atoms with Crippen LogP contribution in [0.15, 0.2) is 0 Å². The van der Waals surface area contributed by atoms with Gasteiger partial charge in [0.2, 0.25) is 0 Å². The van der Waals surface area contributed by atoms with Crippen LogP contribution < -0.4 is 0 Å². The zero-order chi connectivity index (χ0) is 16.0. The van der Waals surface area contributed by atoms with Crippen molar-refractivity contribution in [3.05, 3.63) is 0 Å². The molecule has 0 radical (unpaired) electrons. The van der Waals surface area contributed by atoms with Gasteiger partial charge < -0.3 is 0 Å². The minimum atomic E-state index is -2.78. The minimum Gasteiger partial charge on any atom is -0.192 e. The molecule has 0 aliphatic carbocycles. The van der Waals surface area contributed by atoms with Crippen molar-refractivity contribution < 1.29 is 8.78 Å². The molecule has 0 atom stereocenters. The Hall–Kier alpha value is -0.580. The standard InChI is InChI=1S/C19H34F2/c1-4-5-6-7-8-10-13-16-19(20,21)17-14-11-9-12-15-18(2)3/h18H,4-13,15-16H2,1-3H3. The van der Waals surface area contributed by atoms with E-state index >= 15 is 0 Å². The fourth-order valence-electron chi connectivity index (χ4n) is 2.32. The minimum absolute atomic E-state index is 0.0697. The highest BCUT2D eigenvalue weighted by atomic mass is 19.3. The molecule has 0 fully saturated rings. The molecule has 0 aliphatic rings. The highest BCUT2D eigenvalue weighted by molar-refractivity contribution is 5.09. The lowest BCUT2D eigenvalue weighted by Gasteiger charge is -2.08. The molecule has 0 saturated carbocycles. The number of hydrogen-bond donors (Lipinski definition) is 0. The smallest absolute Gasteiger partial charge is 0.192 e. The second-order valence-corrected chi connectivity index (χ2v) is 6.52. The molecule has 0 spiro atoms. The molecule has 0 N–H and O–H groups in total. The predicted octanol–water partition coefficient (Wildman–Crippen LogP) is 6.98. The van der Waals surface area contributed by atoms with E-state index in [0.29, 0.717) is 18.8 Å². The summed E-state index contributed by atoms with van der Waals surface area (Å²) in [4.78, 5) is 0. The Bertz CT molecular complexity index is 284. The normalized spacial score (nSPS) is 11.5. The van der Waals surface area contributed by atoms with E-state index in [4.69, 9.17) is 0 Å². The van der Waals surface area contributed by atoms with Crippen LogP contribution in [-0.2, 0) is 0 Å². The summed E-state index contributed by atoms with van der Waals surface area (Å²) in [5.41, 5.74) is 0. The van der Waals surface area contributed by atoms with E-state index in [0.717, 1.165) is 32.1 Å². The summed E-state index contributed by atoms with van der Waals surface area (Å²) in [6, 6.07) is 0. The Morgan fingerprint density at radius 1 is 0.857 bits per heavy atom. The van der Waals surface area contributed by atoms with Gasteiger partial charge in [-0.05, 0) is 24.7 Å². The van der Waals surface area contributed by atoms with Crippen LogP contribution in [-0.4, -0.2) is 5.92 Å². The van der Waals surface area contributed by atoms with Crippen LogP contribution in [0.5, 0.6) is 0 Å². The van der Waals surface area contributed by atoms with Crippen LogP contribution in [0.4, 0.5) is 8.78 Å². The average molecular weight is 300 g/mol. The topological polar surface area (TPSA) is 0 Å². The van der Waals surface area contributed by atoms with Crippen LogP contribution >= 0.6 is 0 Å². The van der Waals surface area contributed by atoms with Gasteiger partial charge in [-0.25, -0.2) is 0 Å². The molecule has 0 aromatic heterocycles. The molecule has 0 aromatic rings. The lowest BCUT2D eigenvalue weighted by atomic mass is 10.0. The molecule has 124 valence electrons. The monoisotopic (exact) mass is 300 g/mol. The van der Waals surface area contributed by atoms with Crippen molar-refractivity contribution in [1.29, 1.82) is 0 Å². The van der Waals surface area contributed by atoms with Crippen molar-refractivity contribution in [2.24, 2.45) is 5.92 Å². The Balaban J connectivity index is 3.59. The number of alkyl halides is 2. The van der Waals surface area contributed by atoms with Gasteiger partial charge >= 0.3 is 5.92 Å². The van der Waals surface area contributed by atoms with E-state index in [1.165, 1.54) is 25.7 Å². The largest absolute Gasteiger partial charge is 0.308 e. The summed E-state index contributed by atoms with van der Waals surface area (Å²) in [5, 5.41) is 0. The molecule has 0 unspecified atom stereocenters. The van der Waals surface area contributed by atoms with E-state index in [1.54, 1.807) is 0 Å². The maximum Gasteiger partial charge on any atom is 0.308 e. The molecule has 2 heteroatoms. The molecule has 0 nitrogen and oxygen atoms in total. The quantitative estimate of drug-likeness (QED) is 0.269. The van der Waals surface area contributed by atoms with Gasteiger partial charge in [-0.15, -0.1) is 0 Å². The van der Waals surface area contributed by atoms with E-state index in [1.807, 2.05) is 0 Å². The lowest BCUT2D eigenvalue weighted by molar-refractivity contribution is 0.0535. The number of unbranched alkanes of at least 4 members (excludes halogenated alkanes) is 8. The molecular formula is C19H34F2. The van der Waals surface area contributed by atoms with Crippen molar-refractivity contribution in [3.8, 4) is 11.8 Å². The van der Waals surface area contributed by atoms with E-state index < -0.39 is 5.92 Å². The third-order valence-corrected chi connectivity index (χ3v) is 3.70. The third kappa shape index (κ3) is 15.6. The van der Waals surface area contributed by atoms with Gasteiger partial charge in [-0.3, -0.25) is 0 Å². The maximum absolute atomic E-state index is 13.5.